The Balaban J connectivity index is 1.89. The van der Waals surface area contributed by atoms with Gasteiger partial charge in [-0.1, -0.05) is 24.6 Å². The maximum atomic E-state index is 12.3. The van der Waals surface area contributed by atoms with Crippen molar-refractivity contribution in [2.24, 2.45) is 0 Å². The Morgan fingerprint density at radius 1 is 1.39 bits per heavy atom. The minimum Gasteiger partial charge on any atom is -0.288 e. The van der Waals surface area contributed by atoms with Gasteiger partial charge in [0.05, 0.1) is 9.88 Å². The van der Waals surface area contributed by atoms with Gasteiger partial charge in [0.25, 0.3) is 0 Å². The van der Waals surface area contributed by atoms with Crippen LogP contribution in [0.3, 0.4) is 0 Å². The van der Waals surface area contributed by atoms with Crippen molar-refractivity contribution in [2.45, 2.75) is 32.1 Å². The Morgan fingerprint density at radius 2 is 2.22 bits per heavy atom. The highest BCUT2D eigenvalue weighted by molar-refractivity contribution is 7.13. The molecule has 0 N–H and O–H groups in total. The number of thiazole rings is 1. The molecule has 3 heteroatoms. The van der Waals surface area contributed by atoms with Gasteiger partial charge in [-0.25, -0.2) is 4.98 Å². The summed E-state index contributed by atoms with van der Waals surface area (Å²) in [7, 11) is 0. The van der Waals surface area contributed by atoms with Crippen LogP contribution in [0.25, 0.3) is 0 Å². The fourth-order valence-electron chi connectivity index (χ4n) is 2.28. The summed E-state index contributed by atoms with van der Waals surface area (Å²) in [6, 6.07) is 8.09. The average molecular weight is 257 g/mol. The maximum Gasteiger partial charge on any atom is 0.204 e. The number of aryl methyl sites for hydroxylation is 1. The summed E-state index contributed by atoms with van der Waals surface area (Å²) in [6.45, 7) is 1.92. The Kier molecular flexibility index (Phi) is 3.00. The standard InChI is InChI=1S/C15H15NOS/c1-10-16-9-14(18-10)15(17)13-7-3-6-12(8-13)11-4-2-5-11/h3,6-9,11H,2,4-5H2,1H3. The number of rotatable bonds is 3. The Morgan fingerprint density at radius 3 is 2.83 bits per heavy atom. The van der Waals surface area contributed by atoms with Gasteiger partial charge in [0, 0.05) is 11.8 Å². The van der Waals surface area contributed by atoms with Crippen LogP contribution in [0.5, 0.6) is 0 Å². The minimum absolute atomic E-state index is 0.0989. The third kappa shape index (κ3) is 2.10. The molecule has 0 amide bonds. The van der Waals surface area contributed by atoms with Crippen molar-refractivity contribution in [1.82, 2.24) is 4.98 Å². The van der Waals surface area contributed by atoms with E-state index in [1.807, 2.05) is 19.1 Å². The van der Waals surface area contributed by atoms with E-state index in [0.717, 1.165) is 15.4 Å². The van der Waals surface area contributed by atoms with E-state index < -0.39 is 0 Å². The fourth-order valence-corrected chi connectivity index (χ4v) is 3.02. The summed E-state index contributed by atoms with van der Waals surface area (Å²) >= 11 is 1.46. The number of ketones is 1. The summed E-state index contributed by atoms with van der Waals surface area (Å²) in [5.74, 6) is 0.766. The molecule has 0 spiro atoms. The molecule has 3 rings (SSSR count). The van der Waals surface area contributed by atoms with Crippen LogP contribution in [0.4, 0.5) is 0 Å². The lowest BCUT2D eigenvalue weighted by atomic mass is 9.79. The minimum atomic E-state index is 0.0989. The Labute approximate surface area is 111 Å². The van der Waals surface area contributed by atoms with Gasteiger partial charge < -0.3 is 0 Å². The van der Waals surface area contributed by atoms with Crippen LogP contribution < -0.4 is 0 Å². The molecule has 0 radical (unpaired) electrons. The van der Waals surface area contributed by atoms with Crippen LogP contribution in [0.15, 0.2) is 30.5 Å². The molecule has 1 aromatic heterocycles. The molecular formula is C15H15NOS. The molecule has 2 nitrogen and oxygen atoms in total. The van der Waals surface area contributed by atoms with Crippen molar-refractivity contribution in [3.8, 4) is 0 Å². The second-order valence-corrected chi connectivity index (χ2v) is 6.06. The quantitative estimate of drug-likeness (QED) is 0.779. The molecule has 1 aliphatic carbocycles. The number of carbonyl (C=O) groups excluding carboxylic acids is 1. The molecule has 92 valence electrons. The molecular weight excluding hydrogens is 242 g/mol. The maximum absolute atomic E-state index is 12.3. The summed E-state index contributed by atoms with van der Waals surface area (Å²) in [5.41, 5.74) is 2.11. The van der Waals surface area contributed by atoms with Gasteiger partial charge in [-0.15, -0.1) is 11.3 Å². The molecule has 0 bridgehead atoms. The van der Waals surface area contributed by atoms with Gasteiger partial charge in [0.2, 0.25) is 5.78 Å². The number of aromatic nitrogens is 1. The number of nitrogens with zero attached hydrogens (tertiary/aromatic N) is 1. The SMILES string of the molecule is Cc1ncc(C(=O)c2cccc(C3CCC3)c2)s1. The first kappa shape index (κ1) is 11.6. The van der Waals surface area contributed by atoms with E-state index >= 15 is 0 Å². The highest BCUT2D eigenvalue weighted by Gasteiger charge is 2.20. The second kappa shape index (κ2) is 4.65. The molecule has 1 heterocycles. The topological polar surface area (TPSA) is 30.0 Å². The van der Waals surface area contributed by atoms with Crippen molar-refractivity contribution in [3.63, 3.8) is 0 Å². The van der Waals surface area contributed by atoms with Gasteiger partial charge in [-0.3, -0.25) is 4.79 Å². The number of carbonyl (C=O) groups is 1. The van der Waals surface area contributed by atoms with E-state index in [1.165, 1.54) is 36.2 Å². The Hall–Kier alpha value is -1.48. The second-order valence-electron chi connectivity index (χ2n) is 4.83. The van der Waals surface area contributed by atoms with E-state index in [0.29, 0.717) is 5.92 Å². The van der Waals surface area contributed by atoms with Crippen LogP contribution in [0, 0.1) is 6.92 Å². The average Bonchev–Trinajstić information content (AvgIpc) is 2.73. The predicted molar refractivity (Wildman–Crippen MR) is 73.3 cm³/mol. The molecule has 18 heavy (non-hydrogen) atoms. The van der Waals surface area contributed by atoms with Crippen molar-refractivity contribution >= 4 is 17.1 Å². The summed E-state index contributed by atoms with van der Waals surface area (Å²) in [6.07, 6.45) is 5.52. The normalized spacial score (nSPS) is 15.4. The van der Waals surface area contributed by atoms with E-state index in [2.05, 4.69) is 17.1 Å². The van der Waals surface area contributed by atoms with Gasteiger partial charge in [-0.2, -0.15) is 0 Å². The smallest absolute Gasteiger partial charge is 0.204 e. The van der Waals surface area contributed by atoms with Crippen LogP contribution in [-0.2, 0) is 0 Å². The van der Waals surface area contributed by atoms with Gasteiger partial charge in [0.15, 0.2) is 0 Å². The zero-order valence-corrected chi connectivity index (χ0v) is 11.2. The van der Waals surface area contributed by atoms with Gasteiger partial charge in [0.1, 0.15) is 0 Å². The van der Waals surface area contributed by atoms with Crippen molar-refractivity contribution in [1.29, 1.82) is 0 Å². The van der Waals surface area contributed by atoms with E-state index in [-0.39, 0.29) is 5.78 Å². The molecule has 2 aromatic rings. The highest BCUT2D eigenvalue weighted by atomic mass is 32.1. The first-order valence-corrected chi connectivity index (χ1v) is 7.13. The predicted octanol–water partition coefficient (Wildman–Crippen LogP) is 3.95. The first-order chi connectivity index (χ1) is 8.74. The third-order valence-corrected chi connectivity index (χ3v) is 4.48. The molecule has 0 saturated heterocycles. The molecule has 1 fully saturated rings. The van der Waals surface area contributed by atoms with Crippen LogP contribution >= 0.6 is 11.3 Å². The molecule has 1 aromatic carbocycles. The highest BCUT2D eigenvalue weighted by Crippen LogP contribution is 2.36. The first-order valence-electron chi connectivity index (χ1n) is 6.31. The number of benzene rings is 1. The zero-order valence-electron chi connectivity index (χ0n) is 10.3. The summed E-state index contributed by atoms with van der Waals surface area (Å²) < 4.78 is 0. The van der Waals surface area contributed by atoms with Crippen LogP contribution in [-0.4, -0.2) is 10.8 Å². The monoisotopic (exact) mass is 257 g/mol. The van der Waals surface area contributed by atoms with E-state index in [1.54, 1.807) is 6.20 Å². The molecule has 0 atom stereocenters. The lowest BCUT2D eigenvalue weighted by Crippen LogP contribution is -2.09. The van der Waals surface area contributed by atoms with Gasteiger partial charge in [-0.05, 0) is 37.3 Å². The Bertz CT molecular complexity index is 584. The van der Waals surface area contributed by atoms with Crippen LogP contribution in [0.1, 0.15) is 51.0 Å². The van der Waals surface area contributed by atoms with Crippen molar-refractivity contribution in [3.05, 3.63) is 51.5 Å². The summed E-state index contributed by atoms with van der Waals surface area (Å²) in [4.78, 5) is 17.2. The van der Waals surface area contributed by atoms with Gasteiger partial charge >= 0.3 is 0 Å². The molecule has 0 unspecified atom stereocenters. The van der Waals surface area contributed by atoms with E-state index in [9.17, 15) is 4.79 Å². The van der Waals surface area contributed by atoms with E-state index in [4.69, 9.17) is 0 Å². The third-order valence-electron chi connectivity index (χ3n) is 3.57. The number of hydrogen-bond acceptors (Lipinski definition) is 3. The lowest BCUT2D eigenvalue weighted by Gasteiger charge is -2.25. The molecule has 1 aliphatic rings. The fraction of sp³-hybridized carbons (Fsp3) is 0.333. The zero-order chi connectivity index (χ0) is 12.5. The van der Waals surface area contributed by atoms with Crippen molar-refractivity contribution < 1.29 is 4.79 Å². The largest absolute Gasteiger partial charge is 0.288 e. The van der Waals surface area contributed by atoms with Crippen molar-refractivity contribution in [2.75, 3.05) is 0 Å². The lowest BCUT2D eigenvalue weighted by molar-refractivity contribution is 0.104. The molecule has 0 aliphatic heterocycles. The number of hydrogen-bond donors (Lipinski definition) is 0. The summed E-state index contributed by atoms with van der Waals surface area (Å²) in [5, 5.41) is 0.938. The van der Waals surface area contributed by atoms with Crippen LogP contribution in [0.2, 0.25) is 0 Å². The molecule has 1 saturated carbocycles.